The number of benzene rings is 1. The van der Waals surface area contributed by atoms with Crippen molar-refractivity contribution >= 4 is 11.6 Å². The largest absolute Gasteiger partial charge is 0.497 e. The van der Waals surface area contributed by atoms with Gasteiger partial charge in [0.25, 0.3) is 5.91 Å². The number of anilines is 1. The van der Waals surface area contributed by atoms with Crippen molar-refractivity contribution in [1.82, 2.24) is 4.98 Å². The van der Waals surface area contributed by atoms with Crippen LogP contribution in [0.5, 0.6) is 11.5 Å². The van der Waals surface area contributed by atoms with Gasteiger partial charge in [-0.1, -0.05) is 0 Å². The SMILES string of the molecule is COc1ccc2c(c1)CCN2C(=O)C(C)Oc1cccnc1. The van der Waals surface area contributed by atoms with Gasteiger partial charge in [-0.3, -0.25) is 9.78 Å². The van der Waals surface area contributed by atoms with Crippen molar-refractivity contribution < 1.29 is 14.3 Å². The van der Waals surface area contributed by atoms with Gasteiger partial charge in [0.15, 0.2) is 6.10 Å². The number of rotatable bonds is 4. The first-order valence-electron chi connectivity index (χ1n) is 7.24. The lowest BCUT2D eigenvalue weighted by atomic mass is 10.1. The molecule has 1 aromatic carbocycles. The normalized spacial score (nSPS) is 14.4. The van der Waals surface area contributed by atoms with Gasteiger partial charge >= 0.3 is 0 Å². The Morgan fingerprint density at radius 3 is 2.91 bits per heavy atom. The molecule has 1 unspecified atom stereocenters. The summed E-state index contributed by atoms with van der Waals surface area (Å²) in [5.74, 6) is 1.36. The minimum absolute atomic E-state index is 0.0484. The number of hydrogen-bond acceptors (Lipinski definition) is 4. The van der Waals surface area contributed by atoms with Crippen LogP contribution in [0.2, 0.25) is 0 Å². The van der Waals surface area contributed by atoms with E-state index in [9.17, 15) is 4.79 Å². The van der Waals surface area contributed by atoms with E-state index in [1.165, 1.54) is 0 Å². The summed E-state index contributed by atoms with van der Waals surface area (Å²) in [6, 6.07) is 9.35. The molecule has 0 saturated heterocycles. The third-order valence-corrected chi connectivity index (χ3v) is 3.74. The second-order valence-corrected chi connectivity index (χ2v) is 5.18. The van der Waals surface area contributed by atoms with Gasteiger partial charge in [-0.2, -0.15) is 0 Å². The molecule has 114 valence electrons. The standard InChI is InChI=1S/C17H18N2O3/c1-12(22-15-4-3-8-18-11-15)17(20)19-9-7-13-10-14(21-2)5-6-16(13)19/h3-6,8,10-12H,7,9H2,1-2H3. The number of amides is 1. The van der Waals surface area contributed by atoms with E-state index in [0.717, 1.165) is 23.4 Å². The quantitative estimate of drug-likeness (QED) is 0.870. The molecule has 0 N–H and O–H groups in total. The molecule has 1 aliphatic rings. The molecule has 0 saturated carbocycles. The molecular formula is C17H18N2O3. The van der Waals surface area contributed by atoms with E-state index in [1.54, 1.807) is 43.5 Å². The van der Waals surface area contributed by atoms with Crippen LogP contribution >= 0.6 is 0 Å². The summed E-state index contributed by atoms with van der Waals surface area (Å²) in [6.07, 6.45) is 3.55. The highest BCUT2D eigenvalue weighted by molar-refractivity contribution is 5.98. The molecule has 0 aliphatic carbocycles. The van der Waals surface area contributed by atoms with Crippen molar-refractivity contribution in [2.24, 2.45) is 0 Å². The smallest absolute Gasteiger partial charge is 0.267 e. The third kappa shape index (κ3) is 2.74. The number of methoxy groups -OCH3 is 1. The van der Waals surface area contributed by atoms with Crippen molar-refractivity contribution in [3.63, 3.8) is 0 Å². The molecule has 1 aliphatic heterocycles. The molecule has 0 spiro atoms. The van der Waals surface area contributed by atoms with Gasteiger partial charge in [0.1, 0.15) is 11.5 Å². The molecule has 0 radical (unpaired) electrons. The summed E-state index contributed by atoms with van der Waals surface area (Å²) in [6.45, 7) is 2.43. The highest BCUT2D eigenvalue weighted by Crippen LogP contribution is 2.31. The number of aromatic nitrogens is 1. The van der Waals surface area contributed by atoms with Crippen molar-refractivity contribution in [1.29, 1.82) is 0 Å². The zero-order valence-corrected chi connectivity index (χ0v) is 12.7. The van der Waals surface area contributed by atoms with E-state index in [-0.39, 0.29) is 5.91 Å². The number of hydrogen-bond donors (Lipinski definition) is 0. The monoisotopic (exact) mass is 298 g/mol. The lowest BCUT2D eigenvalue weighted by molar-refractivity contribution is -0.124. The van der Waals surface area contributed by atoms with Gasteiger partial charge in [0.05, 0.1) is 13.3 Å². The second kappa shape index (κ2) is 6.05. The van der Waals surface area contributed by atoms with E-state index in [0.29, 0.717) is 12.3 Å². The van der Waals surface area contributed by atoms with Gasteiger partial charge in [0, 0.05) is 18.4 Å². The van der Waals surface area contributed by atoms with Crippen LogP contribution in [-0.2, 0) is 11.2 Å². The summed E-state index contributed by atoms with van der Waals surface area (Å²) >= 11 is 0. The maximum atomic E-state index is 12.6. The Morgan fingerprint density at radius 1 is 1.32 bits per heavy atom. The van der Waals surface area contributed by atoms with Crippen molar-refractivity contribution in [3.8, 4) is 11.5 Å². The number of carbonyl (C=O) groups excluding carboxylic acids is 1. The molecule has 1 aromatic heterocycles. The number of pyridine rings is 1. The number of nitrogens with zero attached hydrogens (tertiary/aromatic N) is 2. The van der Waals surface area contributed by atoms with Gasteiger partial charge < -0.3 is 14.4 Å². The highest BCUT2D eigenvalue weighted by atomic mass is 16.5. The van der Waals surface area contributed by atoms with E-state index < -0.39 is 6.10 Å². The molecule has 2 heterocycles. The van der Waals surface area contributed by atoms with Crippen molar-refractivity contribution in [2.45, 2.75) is 19.4 Å². The predicted octanol–water partition coefficient (Wildman–Crippen LogP) is 2.45. The molecule has 2 aromatic rings. The fourth-order valence-corrected chi connectivity index (χ4v) is 2.62. The molecule has 5 nitrogen and oxygen atoms in total. The Balaban J connectivity index is 1.74. The number of carbonyl (C=O) groups is 1. The molecule has 1 atom stereocenters. The first kappa shape index (κ1) is 14.4. The second-order valence-electron chi connectivity index (χ2n) is 5.18. The van der Waals surface area contributed by atoms with E-state index in [2.05, 4.69) is 4.98 Å². The minimum Gasteiger partial charge on any atom is -0.497 e. The van der Waals surface area contributed by atoms with Crippen LogP contribution in [-0.4, -0.2) is 30.6 Å². The molecular weight excluding hydrogens is 280 g/mol. The molecule has 22 heavy (non-hydrogen) atoms. The summed E-state index contributed by atoms with van der Waals surface area (Å²) in [4.78, 5) is 18.4. The van der Waals surface area contributed by atoms with E-state index in [1.807, 2.05) is 18.2 Å². The van der Waals surface area contributed by atoms with Crippen molar-refractivity contribution in [2.75, 3.05) is 18.6 Å². The molecule has 5 heteroatoms. The zero-order chi connectivity index (χ0) is 15.5. The molecule has 0 fully saturated rings. The third-order valence-electron chi connectivity index (χ3n) is 3.74. The van der Waals surface area contributed by atoms with Crippen LogP contribution in [0.4, 0.5) is 5.69 Å². The lowest BCUT2D eigenvalue weighted by Gasteiger charge is -2.22. The average Bonchev–Trinajstić information content (AvgIpc) is 2.97. The Kier molecular flexibility index (Phi) is 3.96. The van der Waals surface area contributed by atoms with Crippen LogP contribution < -0.4 is 14.4 Å². The minimum atomic E-state index is -0.558. The van der Waals surface area contributed by atoms with Gasteiger partial charge in [0.2, 0.25) is 0 Å². The maximum Gasteiger partial charge on any atom is 0.267 e. The Bertz CT molecular complexity index is 673. The fourth-order valence-electron chi connectivity index (χ4n) is 2.62. The van der Waals surface area contributed by atoms with Gasteiger partial charge in [-0.05, 0) is 49.2 Å². The Labute approximate surface area is 129 Å². The topological polar surface area (TPSA) is 51.7 Å². The van der Waals surface area contributed by atoms with E-state index in [4.69, 9.17) is 9.47 Å². The van der Waals surface area contributed by atoms with Crippen LogP contribution in [0.3, 0.4) is 0 Å². The number of fused-ring (bicyclic) bond motifs is 1. The average molecular weight is 298 g/mol. The lowest BCUT2D eigenvalue weighted by Crippen LogP contribution is -2.39. The Morgan fingerprint density at radius 2 is 2.18 bits per heavy atom. The van der Waals surface area contributed by atoms with Crippen LogP contribution in [0.1, 0.15) is 12.5 Å². The zero-order valence-electron chi connectivity index (χ0n) is 12.7. The predicted molar refractivity (Wildman–Crippen MR) is 83.4 cm³/mol. The van der Waals surface area contributed by atoms with Crippen molar-refractivity contribution in [3.05, 3.63) is 48.3 Å². The summed E-state index contributed by atoms with van der Waals surface area (Å²) in [5.41, 5.74) is 2.06. The van der Waals surface area contributed by atoms with E-state index >= 15 is 0 Å². The van der Waals surface area contributed by atoms with Crippen LogP contribution in [0.15, 0.2) is 42.7 Å². The number of ether oxygens (including phenoxy) is 2. The summed E-state index contributed by atoms with van der Waals surface area (Å²) in [5, 5.41) is 0. The molecule has 0 bridgehead atoms. The molecule has 3 rings (SSSR count). The Hall–Kier alpha value is -2.56. The first-order chi connectivity index (χ1) is 10.7. The van der Waals surface area contributed by atoms with Crippen LogP contribution in [0.25, 0.3) is 0 Å². The first-order valence-corrected chi connectivity index (χ1v) is 7.24. The molecule has 1 amide bonds. The summed E-state index contributed by atoms with van der Waals surface area (Å²) < 4.78 is 10.9. The highest BCUT2D eigenvalue weighted by Gasteiger charge is 2.29. The van der Waals surface area contributed by atoms with Gasteiger partial charge in [-0.15, -0.1) is 0 Å². The van der Waals surface area contributed by atoms with Gasteiger partial charge in [-0.25, -0.2) is 0 Å². The fraction of sp³-hybridized carbons (Fsp3) is 0.294. The summed E-state index contributed by atoms with van der Waals surface area (Å²) in [7, 11) is 1.64. The van der Waals surface area contributed by atoms with Crippen LogP contribution in [0, 0.1) is 0 Å². The maximum absolute atomic E-state index is 12.6.